The number of hydrogen-bond acceptors (Lipinski definition) is 5. The van der Waals surface area contributed by atoms with Crippen molar-refractivity contribution in [2.45, 2.75) is 6.42 Å². The van der Waals surface area contributed by atoms with Crippen molar-refractivity contribution in [3.05, 3.63) is 55.8 Å². The summed E-state index contributed by atoms with van der Waals surface area (Å²) in [5.74, 6) is -0.739. The Morgan fingerprint density at radius 1 is 1.15 bits per heavy atom. The molecule has 1 N–H and O–H groups in total. The number of nitrogens with one attached hydrogen (secondary N) is 1. The molecule has 1 aliphatic heterocycles. The summed E-state index contributed by atoms with van der Waals surface area (Å²) >= 11 is 0. The smallest absolute Gasteiger partial charge is 0.332 e. The Bertz CT molecular complexity index is 1170. The molecule has 9 heteroatoms. The zero-order chi connectivity index (χ0) is 19.0. The van der Waals surface area contributed by atoms with Gasteiger partial charge in [-0.2, -0.15) is 4.99 Å². The van der Waals surface area contributed by atoms with E-state index in [2.05, 4.69) is 10.3 Å². The van der Waals surface area contributed by atoms with Gasteiger partial charge in [-0.3, -0.25) is 23.5 Å². The highest BCUT2D eigenvalue weighted by Crippen LogP contribution is 2.23. The van der Waals surface area contributed by atoms with Crippen molar-refractivity contribution in [2.75, 3.05) is 12.4 Å². The lowest BCUT2D eigenvalue weighted by Crippen LogP contribution is -2.56. The van der Waals surface area contributed by atoms with Crippen LogP contribution in [0.4, 0.5) is 5.69 Å². The second kappa shape index (κ2) is 6.43. The maximum absolute atomic E-state index is 12.4. The van der Waals surface area contributed by atoms with Gasteiger partial charge in [-0.15, -0.1) is 0 Å². The molecule has 1 aliphatic rings. The number of nitrogens with zero attached hydrogens (tertiary/aromatic N) is 3. The highest BCUT2D eigenvalue weighted by molar-refractivity contribution is 6.20. The number of amides is 2. The number of carbonyl (C=O) groups excluding carboxylic acids is 2. The molecule has 2 aromatic rings. The average molecular weight is 356 g/mol. The van der Waals surface area contributed by atoms with E-state index in [0.29, 0.717) is 11.4 Å². The summed E-state index contributed by atoms with van der Waals surface area (Å²) in [6, 6.07) is 6.81. The molecule has 0 fully saturated rings. The Hall–Kier alpha value is -3.49. The SMILES string of the molecule is COc1ccccc1NC(=O)CC1=c2c(=O)n(C)c(=O)n(C)c2=NC1=O. The number of para-hydroxylation sites is 2. The molecule has 9 nitrogen and oxygen atoms in total. The van der Waals surface area contributed by atoms with Crippen molar-refractivity contribution in [3.63, 3.8) is 0 Å². The second-order valence-electron chi connectivity index (χ2n) is 5.73. The van der Waals surface area contributed by atoms with Crippen LogP contribution in [0, 0.1) is 0 Å². The number of carbonyl (C=O) groups is 2. The molecule has 134 valence electrons. The normalized spacial score (nSPS) is 12.6. The monoisotopic (exact) mass is 356 g/mol. The Kier molecular flexibility index (Phi) is 4.29. The first kappa shape index (κ1) is 17.3. The van der Waals surface area contributed by atoms with Gasteiger partial charge in [0.15, 0.2) is 5.49 Å². The molecule has 1 aromatic carbocycles. The van der Waals surface area contributed by atoms with Crippen LogP contribution in [0.3, 0.4) is 0 Å². The molecule has 2 amide bonds. The first-order valence-corrected chi connectivity index (χ1v) is 7.70. The summed E-state index contributed by atoms with van der Waals surface area (Å²) in [5.41, 5.74) is -0.869. The van der Waals surface area contributed by atoms with Gasteiger partial charge in [0.25, 0.3) is 11.5 Å². The first-order valence-electron chi connectivity index (χ1n) is 7.70. The third-order valence-electron chi connectivity index (χ3n) is 4.12. The summed E-state index contributed by atoms with van der Waals surface area (Å²) in [4.78, 5) is 52.7. The van der Waals surface area contributed by atoms with E-state index in [4.69, 9.17) is 4.74 Å². The number of fused-ring (bicyclic) bond motifs is 1. The molecule has 0 aliphatic carbocycles. The number of methoxy groups -OCH3 is 1. The van der Waals surface area contributed by atoms with Crippen molar-refractivity contribution >= 4 is 23.1 Å². The largest absolute Gasteiger partial charge is 0.495 e. The minimum Gasteiger partial charge on any atom is -0.495 e. The average Bonchev–Trinajstić information content (AvgIpc) is 2.95. The topological polar surface area (TPSA) is 112 Å². The van der Waals surface area contributed by atoms with E-state index in [-0.39, 0.29) is 22.7 Å². The van der Waals surface area contributed by atoms with Gasteiger partial charge in [-0.25, -0.2) is 4.79 Å². The standard InChI is InChI=1S/C17H16N4O5/c1-20-14-13(16(24)21(2)17(20)25)9(15(23)19-14)8-12(22)18-10-6-4-5-7-11(10)26-3/h4-7H,8H2,1-3H3,(H,18,22). The van der Waals surface area contributed by atoms with Crippen LogP contribution in [0.15, 0.2) is 38.8 Å². The van der Waals surface area contributed by atoms with Gasteiger partial charge >= 0.3 is 5.69 Å². The lowest BCUT2D eigenvalue weighted by Gasteiger charge is -2.09. The van der Waals surface area contributed by atoms with Crippen LogP contribution in [0.2, 0.25) is 0 Å². The highest BCUT2D eigenvalue weighted by Gasteiger charge is 2.24. The minimum absolute atomic E-state index is 0.0187. The first-order chi connectivity index (χ1) is 12.3. The quantitative estimate of drug-likeness (QED) is 0.712. The van der Waals surface area contributed by atoms with Crippen molar-refractivity contribution in [3.8, 4) is 5.75 Å². The molecule has 0 bridgehead atoms. The van der Waals surface area contributed by atoms with Crippen LogP contribution >= 0.6 is 0 Å². The fourth-order valence-corrected chi connectivity index (χ4v) is 2.77. The Labute approximate surface area is 146 Å². The molecule has 0 unspecified atom stereocenters. The third kappa shape index (κ3) is 2.73. The van der Waals surface area contributed by atoms with Crippen LogP contribution < -0.4 is 32.0 Å². The predicted molar refractivity (Wildman–Crippen MR) is 92.4 cm³/mol. The number of hydrogen-bond donors (Lipinski definition) is 1. The summed E-state index contributed by atoms with van der Waals surface area (Å²) in [7, 11) is 4.19. The van der Waals surface area contributed by atoms with E-state index in [1.165, 1.54) is 21.2 Å². The van der Waals surface area contributed by atoms with Gasteiger partial charge in [0, 0.05) is 19.7 Å². The van der Waals surface area contributed by atoms with Gasteiger partial charge in [0.2, 0.25) is 5.91 Å². The molecule has 3 rings (SSSR count). The minimum atomic E-state index is -0.700. The van der Waals surface area contributed by atoms with Crippen LogP contribution in [0.25, 0.3) is 5.57 Å². The van der Waals surface area contributed by atoms with Crippen LogP contribution in [0.1, 0.15) is 6.42 Å². The summed E-state index contributed by atoms with van der Waals surface area (Å²) in [6.45, 7) is 0. The fourth-order valence-electron chi connectivity index (χ4n) is 2.77. The van der Waals surface area contributed by atoms with E-state index in [1.54, 1.807) is 24.3 Å². The van der Waals surface area contributed by atoms with Gasteiger partial charge in [-0.05, 0) is 12.1 Å². The number of aromatic nitrogens is 2. The van der Waals surface area contributed by atoms with Gasteiger partial charge in [-0.1, -0.05) is 12.1 Å². The van der Waals surface area contributed by atoms with E-state index >= 15 is 0 Å². The van der Waals surface area contributed by atoms with Gasteiger partial charge in [0.05, 0.1) is 24.4 Å². The van der Waals surface area contributed by atoms with Crippen LogP contribution in [0.5, 0.6) is 5.75 Å². The molecule has 0 spiro atoms. The number of anilines is 1. The molecular weight excluding hydrogens is 340 g/mol. The van der Waals surface area contributed by atoms with Crippen molar-refractivity contribution in [1.29, 1.82) is 0 Å². The molecule has 0 radical (unpaired) electrons. The summed E-state index contributed by atoms with van der Waals surface area (Å²) < 4.78 is 7.15. The second-order valence-corrected chi connectivity index (χ2v) is 5.73. The van der Waals surface area contributed by atoms with Crippen LogP contribution in [-0.2, 0) is 23.7 Å². The molecule has 1 aromatic heterocycles. The molecule has 0 saturated carbocycles. The van der Waals surface area contributed by atoms with Crippen molar-refractivity contribution < 1.29 is 14.3 Å². The third-order valence-corrected chi connectivity index (χ3v) is 4.12. The number of ether oxygens (including phenoxy) is 1. The van der Waals surface area contributed by atoms with E-state index < -0.39 is 23.1 Å². The lowest BCUT2D eigenvalue weighted by molar-refractivity contribution is -0.117. The predicted octanol–water partition coefficient (Wildman–Crippen LogP) is -1.57. The zero-order valence-corrected chi connectivity index (χ0v) is 14.4. The maximum Gasteiger partial charge on any atom is 0.332 e. The molecular formula is C17H16N4O5. The van der Waals surface area contributed by atoms with E-state index in [0.717, 1.165) is 9.13 Å². The molecule has 0 saturated heterocycles. The van der Waals surface area contributed by atoms with Gasteiger partial charge in [0.1, 0.15) is 5.75 Å². The fraction of sp³-hybridized carbons (Fsp3) is 0.235. The maximum atomic E-state index is 12.4. The van der Waals surface area contributed by atoms with Crippen LogP contribution in [-0.4, -0.2) is 28.1 Å². The Morgan fingerprint density at radius 2 is 1.85 bits per heavy atom. The number of rotatable bonds is 4. The number of benzene rings is 1. The Balaban J connectivity index is 2.04. The highest BCUT2D eigenvalue weighted by atomic mass is 16.5. The summed E-state index contributed by atoms with van der Waals surface area (Å²) in [5, 5.41) is 2.63. The lowest BCUT2D eigenvalue weighted by atomic mass is 10.1. The van der Waals surface area contributed by atoms with Gasteiger partial charge < -0.3 is 10.1 Å². The molecule has 2 heterocycles. The van der Waals surface area contributed by atoms with E-state index in [1.807, 2.05) is 0 Å². The van der Waals surface area contributed by atoms with Crippen molar-refractivity contribution in [2.24, 2.45) is 19.1 Å². The zero-order valence-electron chi connectivity index (χ0n) is 14.4. The Morgan fingerprint density at radius 3 is 2.54 bits per heavy atom. The van der Waals surface area contributed by atoms with Crippen molar-refractivity contribution in [1.82, 2.24) is 9.13 Å². The van der Waals surface area contributed by atoms with E-state index in [9.17, 15) is 19.2 Å². The molecule has 26 heavy (non-hydrogen) atoms. The summed E-state index contributed by atoms with van der Waals surface area (Å²) in [6.07, 6.45) is -0.346. The molecule has 0 atom stereocenters.